The first-order valence-electron chi connectivity index (χ1n) is 8.43. The van der Waals surface area contributed by atoms with Crippen molar-refractivity contribution in [3.8, 4) is 10.6 Å². The maximum atomic E-state index is 12.7. The van der Waals surface area contributed by atoms with Crippen LogP contribution in [-0.2, 0) is 12.6 Å². The number of hydrogen-bond acceptors (Lipinski definition) is 5. The van der Waals surface area contributed by atoms with Crippen molar-refractivity contribution >= 4 is 34.3 Å². The molecule has 0 atom stereocenters. The Morgan fingerprint density at radius 3 is 2.57 bits per heavy atom. The van der Waals surface area contributed by atoms with Crippen molar-refractivity contribution in [3.05, 3.63) is 58.6 Å². The van der Waals surface area contributed by atoms with Crippen LogP contribution >= 0.6 is 11.3 Å². The smallest absolute Gasteiger partial charge is 0.399 e. The number of halogens is 3. The highest BCUT2D eigenvalue weighted by molar-refractivity contribution is 7.17. The first-order valence-corrected chi connectivity index (χ1v) is 9.25. The third-order valence-electron chi connectivity index (χ3n) is 4.32. The predicted molar refractivity (Wildman–Crippen MR) is 103 cm³/mol. The lowest BCUT2D eigenvalue weighted by Gasteiger charge is -2.13. The van der Waals surface area contributed by atoms with E-state index in [-0.39, 0.29) is 5.91 Å². The van der Waals surface area contributed by atoms with E-state index in [4.69, 9.17) is 5.73 Å². The fraction of sp³-hybridized carbons (Fsp3) is 0.158. The van der Waals surface area contributed by atoms with Crippen molar-refractivity contribution in [2.24, 2.45) is 0 Å². The van der Waals surface area contributed by atoms with Crippen LogP contribution in [0, 0.1) is 0 Å². The number of aromatic nitrogens is 1. The Morgan fingerprint density at radius 1 is 1.14 bits per heavy atom. The van der Waals surface area contributed by atoms with Crippen LogP contribution < -0.4 is 16.4 Å². The maximum Gasteiger partial charge on any atom is 0.416 e. The molecule has 1 aromatic heterocycles. The highest BCUT2D eigenvalue weighted by Gasteiger charge is 2.30. The summed E-state index contributed by atoms with van der Waals surface area (Å²) in [6.07, 6.45) is -3.73. The lowest BCUT2D eigenvalue weighted by molar-refractivity contribution is -0.137. The summed E-state index contributed by atoms with van der Waals surface area (Å²) < 4.78 is 38.2. The second-order valence-corrected chi connectivity index (χ2v) is 7.30. The Balaban J connectivity index is 1.69. The number of benzene rings is 2. The van der Waals surface area contributed by atoms with Crippen LogP contribution in [0.4, 0.5) is 30.2 Å². The van der Waals surface area contributed by atoms with Crippen LogP contribution in [0.25, 0.3) is 10.6 Å². The fourth-order valence-electron chi connectivity index (χ4n) is 2.93. The van der Waals surface area contributed by atoms with Gasteiger partial charge in [-0.05, 0) is 42.5 Å². The summed E-state index contributed by atoms with van der Waals surface area (Å²) in [5.41, 5.74) is 8.29. The number of nitrogens with one attached hydrogen (secondary N) is 2. The van der Waals surface area contributed by atoms with E-state index in [0.29, 0.717) is 45.5 Å². The number of anilines is 3. The topological polar surface area (TPSA) is 80.0 Å². The zero-order valence-corrected chi connectivity index (χ0v) is 15.2. The molecule has 0 fully saturated rings. The standard InChI is InChI=1S/C19H15F3N4OS/c20-19(21,22)10-1-4-12(5-2-10)25-14-6-3-11(23)9-13(14)18-26-15-7-8-24-17(27)16(15)28-18/h1-6,9,25H,7-8,23H2,(H,24,27). The zero-order valence-electron chi connectivity index (χ0n) is 14.4. The normalized spacial score (nSPS) is 13.8. The predicted octanol–water partition coefficient (Wildman–Crippen LogP) is 4.44. The SMILES string of the molecule is Nc1ccc(Nc2ccc(C(F)(F)F)cc2)c(-c2nc3c(s2)C(=O)NCC3)c1. The van der Waals surface area contributed by atoms with Crippen molar-refractivity contribution in [3.63, 3.8) is 0 Å². The molecule has 28 heavy (non-hydrogen) atoms. The van der Waals surface area contributed by atoms with Crippen molar-refractivity contribution in [1.82, 2.24) is 10.3 Å². The first kappa shape index (κ1) is 18.3. The molecule has 0 radical (unpaired) electrons. The van der Waals surface area contributed by atoms with Gasteiger partial charge in [-0.2, -0.15) is 13.2 Å². The van der Waals surface area contributed by atoms with E-state index in [1.54, 1.807) is 18.2 Å². The zero-order chi connectivity index (χ0) is 19.9. The summed E-state index contributed by atoms with van der Waals surface area (Å²) in [6, 6.07) is 9.93. The highest BCUT2D eigenvalue weighted by atomic mass is 32.1. The fourth-order valence-corrected chi connectivity index (χ4v) is 3.99. The van der Waals surface area contributed by atoms with Crippen molar-refractivity contribution < 1.29 is 18.0 Å². The molecule has 0 unspecified atom stereocenters. The molecule has 0 bridgehead atoms. The minimum Gasteiger partial charge on any atom is -0.399 e. The average Bonchev–Trinajstić information content (AvgIpc) is 3.08. The number of rotatable bonds is 3. The van der Waals surface area contributed by atoms with Gasteiger partial charge in [-0.25, -0.2) is 4.98 Å². The molecule has 2 heterocycles. The lowest BCUT2D eigenvalue weighted by atomic mass is 10.1. The van der Waals surface area contributed by atoms with Crippen molar-refractivity contribution in [2.75, 3.05) is 17.6 Å². The van der Waals surface area contributed by atoms with E-state index in [1.807, 2.05) is 0 Å². The molecule has 0 saturated heterocycles. The van der Waals surface area contributed by atoms with Gasteiger partial charge >= 0.3 is 6.18 Å². The second-order valence-electron chi connectivity index (χ2n) is 6.31. The molecule has 0 spiro atoms. The van der Waals surface area contributed by atoms with Gasteiger partial charge in [0.05, 0.1) is 11.3 Å². The Labute approximate surface area is 162 Å². The van der Waals surface area contributed by atoms with Gasteiger partial charge in [0.15, 0.2) is 0 Å². The van der Waals surface area contributed by atoms with Crippen LogP contribution in [-0.4, -0.2) is 17.4 Å². The maximum absolute atomic E-state index is 12.7. The summed E-state index contributed by atoms with van der Waals surface area (Å²) in [4.78, 5) is 17.2. The van der Waals surface area contributed by atoms with Gasteiger partial charge in [0, 0.05) is 35.6 Å². The summed E-state index contributed by atoms with van der Waals surface area (Å²) in [5, 5.41) is 6.53. The molecule has 4 rings (SSSR count). The Hall–Kier alpha value is -3.07. The number of nitrogen functional groups attached to an aromatic ring is 1. The summed E-state index contributed by atoms with van der Waals surface area (Å²) in [7, 11) is 0. The van der Waals surface area contributed by atoms with Gasteiger partial charge in [0.25, 0.3) is 5.91 Å². The highest BCUT2D eigenvalue weighted by Crippen LogP contribution is 2.37. The van der Waals surface area contributed by atoms with E-state index in [1.165, 1.54) is 23.5 Å². The van der Waals surface area contributed by atoms with E-state index in [2.05, 4.69) is 15.6 Å². The quantitative estimate of drug-likeness (QED) is 0.564. The van der Waals surface area contributed by atoms with Gasteiger partial charge in [-0.15, -0.1) is 11.3 Å². The minimum absolute atomic E-state index is 0.147. The Morgan fingerprint density at radius 2 is 1.89 bits per heavy atom. The number of carbonyl (C=O) groups excluding carboxylic acids is 1. The molecule has 5 nitrogen and oxygen atoms in total. The monoisotopic (exact) mass is 404 g/mol. The van der Waals surface area contributed by atoms with Gasteiger partial charge in [0.1, 0.15) is 9.88 Å². The van der Waals surface area contributed by atoms with E-state index in [0.717, 1.165) is 17.8 Å². The number of thiazole rings is 1. The van der Waals surface area contributed by atoms with Crippen LogP contribution in [0.15, 0.2) is 42.5 Å². The van der Waals surface area contributed by atoms with E-state index in [9.17, 15) is 18.0 Å². The molecule has 1 amide bonds. The molecule has 1 aliphatic rings. The number of nitrogens with two attached hydrogens (primary N) is 1. The molecule has 2 aromatic carbocycles. The van der Waals surface area contributed by atoms with Crippen molar-refractivity contribution in [2.45, 2.75) is 12.6 Å². The van der Waals surface area contributed by atoms with Crippen LogP contribution in [0.5, 0.6) is 0 Å². The summed E-state index contributed by atoms with van der Waals surface area (Å²) in [6.45, 7) is 0.544. The number of hydrogen-bond donors (Lipinski definition) is 3. The minimum atomic E-state index is -4.38. The van der Waals surface area contributed by atoms with Crippen LogP contribution in [0.3, 0.4) is 0 Å². The number of nitrogens with zero attached hydrogens (tertiary/aromatic N) is 1. The van der Waals surface area contributed by atoms with Gasteiger partial charge in [0.2, 0.25) is 0 Å². The Kier molecular flexibility index (Phi) is 4.46. The number of amides is 1. The van der Waals surface area contributed by atoms with Gasteiger partial charge < -0.3 is 16.4 Å². The Bertz CT molecular complexity index is 1040. The molecule has 4 N–H and O–H groups in total. The molecule has 1 aliphatic heterocycles. The van der Waals surface area contributed by atoms with E-state index < -0.39 is 11.7 Å². The third kappa shape index (κ3) is 3.53. The third-order valence-corrected chi connectivity index (χ3v) is 5.45. The van der Waals surface area contributed by atoms with Gasteiger partial charge in [-0.3, -0.25) is 4.79 Å². The average molecular weight is 404 g/mol. The lowest BCUT2D eigenvalue weighted by Crippen LogP contribution is -2.30. The van der Waals surface area contributed by atoms with E-state index >= 15 is 0 Å². The summed E-state index contributed by atoms with van der Waals surface area (Å²) >= 11 is 1.27. The molecule has 0 saturated carbocycles. The molecule has 144 valence electrons. The molecule has 3 aromatic rings. The number of alkyl halides is 3. The van der Waals surface area contributed by atoms with Crippen molar-refractivity contribution in [1.29, 1.82) is 0 Å². The summed E-state index contributed by atoms with van der Waals surface area (Å²) in [5.74, 6) is -0.147. The van der Waals surface area contributed by atoms with Gasteiger partial charge in [-0.1, -0.05) is 0 Å². The molecular weight excluding hydrogens is 389 g/mol. The van der Waals surface area contributed by atoms with Crippen LogP contribution in [0.2, 0.25) is 0 Å². The van der Waals surface area contributed by atoms with Crippen LogP contribution in [0.1, 0.15) is 20.9 Å². The molecular formula is C19H15F3N4OS. The molecule has 0 aliphatic carbocycles. The molecule has 9 heteroatoms. The second kappa shape index (κ2) is 6.83. The largest absolute Gasteiger partial charge is 0.416 e. The number of fused-ring (bicyclic) bond motifs is 1. The first-order chi connectivity index (χ1) is 13.3. The number of carbonyl (C=O) groups is 1.